The molecule has 1 N–H and O–H groups in total. The fourth-order valence-corrected chi connectivity index (χ4v) is 2.66. The third-order valence-corrected chi connectivity index (χ3v) is 3.92. The molecule has 5 nitrogen and oxygen atoms in total. The first-order valence-corrected chi connectivity index (χ1v) is 7.06. The maximum atomic E-state index is 12.4. The fraction of sp³-hybridized carbons (Fsp3) is 0.353. The molecule has 0 amide bonds. The maximum absolute atomic E-state index is 12.4. The van der Waals surface area contributed by atoms with E-state index in [-0.39, 0.29) is 29.2 Å². The lowest BCUT2D eigenvalue weighted by atomic mass is 9.77. The summed E-state index contributed by atoms with van der Waals surface area (Å²) in [7, 11) is 1.26. The molecule has 0 radical (unpaired) electrons. The highest BCUT2D eigenvalue weighted by atomic mass is 16.5. The summed E-state index contributed by atoms with van der Waals surface area (Å²) >= 11 is 0. The summed E-state index contributed by atoms with van der Waals surface area (Å²) in [5.41, 5.74) is 0.524. The van der Waals surface area contributed by atoms with Gasteiger partial charge >= 0.3 is 5.97 Å². The minimum absolute atomic E-state index is 0.00380. The van der Waals surface area contributed by atoms with E-state index in [1.165, 1.54) is 13.2 Å². The minimum Gasteiger partial charge on any atom is -0.507 e. The van der Waals surface area contributed by atoms with Gasteiger partial charge in [-0.15, -0.1) is 0 Å². The Morgan fingerprint density at radius 1 is 1.14 bits per heavy atom. The Morgan fingerprint density at radius 3 is 2.27 bits per heavy atom. The lowest BCUT2D eigenvalue weighted by molar-refractivity contribution is -0.141. The van der Waals surface area contributed by atoms with Gasteiger partial charge < -0.3 is 9.84 Å². The molecule has 0 unspecified atom stereocenters. The van der Waals surface area contributed by atoms with Crippen LogP contribution < -0.4 is 0 Å². The Balaban J connectivity index is 2.58. The zero-order valence-electron chi connectivity index (χ0n) is 12.8. The van der Waals surface area contributed by atoms with Crippen molar-refractivity contribution >= 4 is 23.3 Å². The number of aliphatic hydroxyl groups is 1. The van der Waals surface area contributed by atoms with Crippen molar-refractivity contribution in [3.05, 3.63) is 41.0 Å². The Bertz CT molecular complexity index is 669. The number of benzene rings is 1. The van der Waals surface area contributed by atoms with Gasteiger partial charge in [-0.2, -0.15) is 0 Å². The largest absolute Gasteiger partial charge is 0.507 e. The number of esters is 1. The fourth-order valence-electron chi connectivity index (χ4n) is 2.66. The highest BCUT2D eigenvalue weighted by Crippen LogP contribution is 2.36. The number of methoxy groups -OCH3 is 1. The molecule has 0 aliphatic heterocycles. The highest BCUT2D eigenvalue weighted by molar-refractivity contribution is 6.52. The molecule has 1 aliphatic rings. The normalized spacial score (nSPS) is 15.8. The van der Waals surface area contributed by atoms with Crippen LogP contribution in [0.1, 0.15) is 36.2 Å². The van der Waals surface area contributed by atoms with E-state index in [2.05, 4.69) is 4.74 Å². The predicted octanol–water partition coefficient (Wildman–Crippen LogP) is 2.56. The van der Waals surface area contributed by atoms with Gasteiger partial charge in [0.05, 0.1) is 13.5 Å². The first-order chi connectivity index (χ1) is 10.4. The number of ether oxygens (including phenoxy) is 1. The van der Waals surface area contributed by atoms with E-state index >= 15 is 0 Å². The molecule has 5 heteroatoms. The summed E-state index contributed by atoms with van der Waals surface area (Å²) in [6.45, 7) is 3.65. The van der Waals surface area contributed by atoms with Gasteiger partial charge in [-0.25, -0.2) is 0 Å². The topological polar surface area (TPSA) is 80.7 Å². The lowest BCUT2D eigenvalue weighted by Crippen LogP contribution is -2.31. The Hall–Kier alpha value is -2.43. The maximum Gasteiger partial charge on any atom is 0.306 e. The molecule has 1 aliphatic carbocycles. The van der Waals surface area contributed by atoms with Gasteiger partial charge in [0.2, 0.25) is 11.6 Å². The second-order valence-electron chi connectivity index (χ2n) is 5.60. The first-order valence-electron chi connectivity index (χ1n) is 7.06. The zero-order valence-corrected chi connectivity index (χ0v) is 12.8. The number of carbonyl (C=O) groups is 3. The van der Waals surface area contributed by atoms with Crippen LogP contribution in [0.5, 0.6) is 0 Å². The Labute approximate surface area is 128 Å². The molecule has 1 atom stereocenters. The second-order valence-corrected chi connectivity index (χ2v) is 5.60. The Morgan fingerprint density at radius 2 is 1.73 bits per heavy atom. The molecule has 0 saturated heterocycles. The van der Waals surface area contributed by atoms with Gasteiger partial charge in [-0.3, -0.25) is 14.4 Å². The molecule has 1 aromatic carbocycles. The molecule has 116 valence electrons. The van der Waals surface area contributed by atoms with E-state index in [1.54, 1.807) is 18.2 Å². The summed E-state index contributed by atoms with van der Waals surface area (Å²) in [4.78, 5) is 36.2. The molecule has 0 aromatic heterocycles. The first kappa shape index (κ1) is 15.9. The summed E-state index contributed by atoms with van der Waals surface area (Å²) in [5, 5.41) is 10.5. The molecule has 1 aromatic rings. The van der Waals surface area contributed by atoms with Crippen molar-refractivity contribution in [2.24, 2.45) is 11.8 Å². The number of Topliss-reactive ketones (excluding diaryl/α,β-unsaturated/α-hetero) is 2. The summed E-state index contributed by atoms with van der Waals surface area (Å²) < 4.78 is 4.65. The van der Waals surface area contributed by atoms with Crippen molar-refractivity contribution in [2.75, 3.05) is 7.11 Å². The van der Waals surface area contributed by atoms with Crippen molar-refractivity contribution in [2.45, 2.75) is 20.3 Å². The lowest BCUT2D eigenvalue weighted by Gasteiger charge is -2.26. The number of ketones is 2. The van der Waals surface area contributed by atoms with Crippen LogP contribution >= 0.6 is 0 Å². The monoisotopic (exact) mass is 302 g/mol. The molecular weight excluding hydrogens is 284 g/mol. The van der Waals surface area contributed by atoms with Crippen LogP contribution in [0.25, 0.3) is 5.76 Å². The Kier molecular flexibility index (Phi) is 4.45. The van der Waals surface area contributed by atoms with Gasteiger partial charge in [0.1, 0.15) is 5.76 Å². The molecule has 0 saturated carbocycles. The van der Waals surface area contributed by atoms with Gasteiger partial charge in [-0.1, -0.05) is 38.1 Å². The summed E-state index contributed by atoms with van der Waals surface area (Å²) in [6, 6.07) is 6.41. The molecular formula is C17H18O5. The van der Waals surface area contributed by atoms with Crippen LogP contribution in [0.4, 0.5) is 0 Å². The third kappa shape index (κ3) is 2.66. The van der Waals surface area contributed by atoms with E-state index in [9.17, 15) is 19.5 Å². The van der Waals surface area contributed by atoms with E-state index in [0.29, 0.717) is 5.56 Å². The predicted molar refractivity (Wildman–Crippen MR) is 80.3 cm³/mol. The molecule has 0 spiro atoms. The standard InChI is InChI=1S/C17H18O5/c1-9(2)12(8-13(18)22-3)14-15(19)10-6-4-5-7-11(10)16(20)17(14)21/h4-7,9,12,19H,8H2,1-3H3/t12-/m1/s1. The quantitative estimate of drug-likeness (QED) is 0.683. The number of hydrogen-bond donors (Lipinski definition) is 1. The molecule has 2 rings (SSSR count). The van der Waals surface area contributed by atoms with Crippen LogP contribution in [0.15, 0.2) is 29.8 Å². The van der Waals surface area contributed by atoms with E-state index in [0.717, 1.165) is 0 Å². The van der Waals surface area contributed by atoms with Crippen LogP contribution in [0.3, 0.4) is 0 Å². The van der Waals surface area contributed by atoms with Crippen molar-refractivity contribution in [1.29, 1.82) is 0 Å². The van der Waals surface area contributed by atoms with Crippen LogP contribution in [0, 0.1) is 11.8 Å². The number of allylic oxidation sites excluding steroid dienone is 1. The van der Waals surface area contributed by atoms with Crippen LogP contribution in [-0.2, 0) is 14.3 Å². The van der Waals surface area contributed by atoms with E-state index in [4.69, 9.17) is 0 Å². The highest BCUT2D eigenvalue weighted by Gasteiger charge is 2.38. The van der Waals surface area contributed by atoms with Crippen molar-refractivity contribution in [3.8, 4) is 0 Å². The SMILES string of the molecule is COC(=O)C[C@@H](C1=C(O)c2ccccc2C(=O)C1=O)C(C)C. The van der Waals surface area contributed by atoms with Crippen LogP contribution in [0.2, 0.25) is 0 Å². The van der Waals surface area contributed by atoms with Crippen molar-refractivity contribution < 1.29 is 24.2 Å². The minimum atomic E-state index is -0.751. The van der Waals surface area contributed by atoms with Crippen molar-refractivity contribution in [1.82, 2.24) is 0 Å². The van der Waals surface area contributed by atoms with Crippen LogP contribution in [-0.4, -0.2) is 29.8 Å². The number of aliphatic hydroxyl groups excluding tert-OH is 1. The van der Waals surface area contributed by atoms with E-state index in [1.807, 2.05) is 13.8 Å². The average Bonchev–Trinajstić information content (AvgIpc) is 2.51. The van der Waals surface area contributed by atoms with Crippen molar-refractivity contribution in [3.63, 3.8) is 0 Å². The van der Waals surface area contributed by atoms with Gasteiger partial charge in [0.15, 0.2) is 0 Å². The van der Waals surface area contributed by atoms with Gasteiger partial charge in [0, 0.05) is 22.6 Å². The van der Waals surface area contributed by atoms with Gasteiger partial charge in [0.25, 0.3) is 0 Å². The molecule has 0 bridgehead atoms. The number of carbonyl (C=O) groups excluding carboxylic acids is 3. The summed E-state index contributed by atoms with van der Waals surface area (Å²) in [5.74, 6) is -2.80. The average molecular weight is 302 g/mol. The number of rotatable bonds is 4. The zero-order chi connectivity index (χ0) is 16.4. The summed E-state index contributed by atoms with van der Waals surface area (Å²) in [6.07, 6.45) is -0.0608. The molecule has 22 heavy (non-hydrogen) atoms. The number of hydrogen-bond acceptors (Lipinski definition) is 5. The van der Waals surface area contributed by atoms with E-state index < -0.39 is 23.5 Å². The smallest absolute Gasteiger partial charge is 0.306 e. The number of fused-ring (bicyclic) bond motifs is 1. The molecule has 0 fully saturated rings. The third-order valence-electron chi connectivity index (χ3n) is 3.92. The molecule has 0 heterocycles. The van der Waals surface area contributed by atoms with Gasteiger partial charge in [-0.05, 0) is 5.92 Å². The second kappa shape index (κ2) is 6.13.